The van der Waals surface area contributed by atoms with Gasteiger partial charge in [0, 0.05) is 24.3 Å². The Morgan fingerprint density at radius 1 is 1.10 bits per heavy atom. The number of rotatable bonds is 1. The van der Waals surface area contributed by atoms with Gasteiger partial charge in [-0.25, -0.2) is 0 Å². The van der Waals surface area contributed by atoms with Crippen LogP contribution in [0, 0.1) is 6.92 Å². The number of anilines is 1. The molecule has 0 bridgehead atoms. The molecule has 0 radical (unpaired) electrons. The SMILES string of the molecule is Cc1ccc(C(=O)N2CCc3ccc(N)cc3C2)cc1. The van der Waals surface area contributed by atoms with E-state index < -0.39 is 0 Å². The number of hydrogen-bond donors (Lipinski definition) is 1. The molecule has 0 atom stereocenters. The predicted molar refractivity (Wildman–Crippen MR) is 80.5 cm³/mol. The van der Waals surface area contributed by atoms with Gasteiger partial charge in [-0.1, -0.05) is 23.8 Å². The third kappa shape index (κ3) is 2.39. The fraction of sp³-hybridized carbons (Fsp3) is 0.235. The van der Waals surface area contributed by atoms with Crippen molar-refractivity contribution in [1.82, 2.24) is 4.90 Å². The molecular weight excluding hydrogens is 248 g/mol. The van der Waals surface area contributed by atoms with Crippen molar-refractivity contribution in [2.24, 2.45) is 0 Å². The Labute approximate surface area is 119 Å². The first-order valence-corrected chi connectivity index (χ1v) is 6.87. The Morgan fingerprint density at radius 2 is 1.85 bits per heavy atom. The Balaban J connectivity index is 1.82. The van der Waals surface area contributed by atoms with Crippen molar-refractivity contribution in [1.29, 1.82) is 0 Å². The zero-order valence-electron chi connectivity index (χ0n) is 11.6. The quantitative estimate of drug-likeness (QED) is 0.807. The number of carbonyl (C=O) groups is 1. The molecule has 3 nitrogen and oxygen atoms in total. The van der Waals surface area contributed by atoms with Gasteiger partial charge in [-0.05, 0) is 48.7 Å². The van der Waals surface area contributed by atoms with Gasteiger partial charge < -0.3 is 10.6 Å². The first-order valence-electron chi connectivity index (χ1n) is 6.87. The van der Waals surface area contributed by atoms with Gasteiger partial charge in [0.1, 0.15) is 0 Å². The topological polar surface area (TPSA) is 46.3 Å². The van der Waals surface area contributed by atoms with Crippen LogP contribution < -0.4 is 5.73 Å². The molecule has 0 fully saturated rings. The molecule has 0 unspecified atom stereocenters. The second-order valence-electron chi connectivity index (χ2n) is 5.37. The smallest absolute Gasteiger partial charge is 0.254 e. The molecule has 3 heteroatoms. The second kappa shape index (κ2) is 5.00. The van der Waals surface area contributed by atoms with Crippen LogP contribution in [0.3, 0.4) is 0 Å². The summed E-state index contributed by atoms with van der Waals surface area (Å²) in [4.78, 5) is 14.4. The number of carbonyl (C=O) groups excluding carboxylic acids is 1. The van der Waals surface area contributed by atoms with Crippen LogP contribution >= 0.6 is 0 Å². The van der Waals surface area contributed by atoms with Crippen molar-refractivity contribution in [3.05, 3.63) is 64.7 Å². The molecule has 1 amide bonds. The number of nitrogens with zero attached hydrogens (tertiary/aromatic N) is 1. The van der Waals surface area contributed by atoms with E-state index >= 15 is 0 Å². The Hall–Kier alpha value is -2.29. The number of hydrogen-bond acceptors (Lipinski definition) is 2. The van der Waals surface area contributed by atoms with Gasteiger partial charge in [0.15, 0.2) is 0 Å². The lowest BCUT2D eigenvalue weighted by Crippen LogP contribution is -2.36. The minimum Gasteiger partial charge on any atom is -0.399 e. The van der Waals surface area contributed by atoms with E-state index in [1.165, 1.54) is 11.1 Å². The molecule has 0 aliphatic carbocycles. The van der Waals surface area contributed by atoms with Gasteiger partial charge in [-0.2, -0.15) is 0 Å². The summed E-state index contributed by atoms with van der Waals surface area (Å²) in [6.07, 6.45) is 0.896. The molecule has 3 rings (SSSR count). The standard InChI is InChI=1S/C17H18N2O/c1-12-2-4-14(5-3-12)17(20)19-9-8-13-6-7-16(18)10-15(13)11-19/h2-7,10H,8-9,11,18H2,1H3. The van der Waals surface area contributed by atoms with E-state index in [2.05, 4.69) is 6.07 Å². The average molecular weight is 266 g/mol. The van der Waals surface area contributed by atoms with Crippen LogP contribution in [-0.4, -0.2) is 17.4 Å². The zero-order chi connectivity index (χ0) is 14.1. The maximum absolute atomic E-state index is 12.5. The second-order valence-corrected chi connectivity index (χ2v) is 5.37. The number of nitrogen functional groups attached to an aromatic ring is 1. The van der Waals surface area contributed by atoms with Crippen LogP contribution in [0.25, 0.3) is 0 Å². The number of nitrogens with two attached hydrogens (primary N) is 1. The van der Waals surface area contributed by atoms with E-state index in [0.29, 0.717) is 6.54 Å². The Morgan fingerprint density at radius 3 is 2.60 bits per heavy atom. The highest BCUT2D eigenvalue weighted by Crippen LogP contribution is 2.22. The van der Waals surface area contributed by atoms with Crippen molar-refractivity contribution >= 4 is 11.6 Å². The van der Waals surface area contributed by atoms with Gasteiger partial charge >= 0.3 is 0 Å². The van der Waals surface area contributed by atoms with Gasteiger partial charge in [0.25, 0.3) is 5.91 Å². The lowest BCUT2D eigenvalue weighted by Gasteiger charge is -2.29. The summed E-state index contributed by atoms with van der Waals surface area (Å²) in [7, 11) is 0. The van der Waals surface area contributed by atoms with Gasteiger partial charge in [0.2, 0.25) is 0 Å². The average Bonchev–Trinajstić information content (AvgIpc) is 2.46. The molecular formula is C17H18N2O. The molecule has 1 aliphatic rings. The first-order chi connectivity index (χ1) is 9.63. The molecule has 0 aromatic heterocycles. The van der Waals surface area contributed by atoms with Gasteiger partial charge in [0.05, 0.1) is 0 Å². The summed E-state index contributed by atoms with van der Waals surface area (Å²) in [6, 6.07) is 13.7. The molecule has 1 aliphatic heterocycles. The molecule has 102 valence electrons. The van der Waals surface area contributed by atoms with Crippen molar-refractivity contribution < 1.29 is 4.79 Å². The summed E-state index contributed by atoms with van der Waals surface area (Å²) in [5, 5.41) is 0. The Bertz CT molecular complexity index is 647. The third-order valence-corrected chi connectivity index (χ3v) is 3.83. The first kappa shape index (κ1) is 12.7. The van der Waals surface area contributed by atoms with E-state index in [9.17, 15) is 4.79 Å². The summed E-state index contributed by atoms with van der Waals surface area (Å²) in [5.74, 6) is 0.0954. The minimum absolute atomic E-state index is 0.0954. The highest BCUT2D eigenvalue weighted by molar-refractivity contribution is 5.94. The monoisotopic (exact) mass is 266 g/mol. The number of fused-ring (bicyclic) bond motifs is 1. The largest absolute Gasteiger partial charge is 0.399 e. The fourth-order valence-electron chi connectivity index (χ4n) is 2.63. The van der Waals surface area contributed by atoms with E-state index in [-0.39, 0.29) is 5.91 Å². The van der Waals surface area contributed by atoms with Crippen LogP contribution in [0.4, 0.5) is 5.69 Å². The molecule has 2 N–H and O–H groups in total. The summed E-state index contributed by atoms with van der Waals surface area (Å²) in [6.45, 7) is 3.44. The van der Waals surface area contributed by atoms with Crippen LogP contribution in [0.5, 0.6) is 0 Å². The third-order valence-electron chi connectivity index (χ3n) is 3.83. The normalized spacial score (nSPS) is 13.9. The molecule has 2 aromatic rings. The highest BCUT2D eigenvalue weighted by Gasteiger charge is 2.21. The highest BCUT2D eigenvalue weighted by atomic mass is 16.2. The van der Waals surface area contributed by atoms with Crippen LogP contribution in [0.2, 0.25) is 0 Å². The lowest BCUT2D eigenvalue weighted by molar-refractivity contribution is 0.0735. The van der Waals surface area contributed by atoms with Crippen molar-refractivity contribution in [2.75, 3.05) is 12.3 Å². The lowest BCUT2D eigenvalue weighted by atomic mass is 9.98. The number of amides is 1. The summed E-state index contributed by atoms with van der Waals surface area (Å²) < 4.78 is 0. The molecule has 2 aromatic carbocycles. The maximum atomic E-state index is 12.5. The predicted octanol–water partition coefficient (Wildman–Crippen LogP) is 2.78. The van der Waals surface area contributed by atoms with Crippen molar-refractivity contribution in [2.45, 2.75) is 19.9 Å². The number of benzene rings is 2. The molecule has 0 saturated heterocycles. The van der Waals surface area contributed by atoms with Crippen LogP contribution in [0.15, 0.2) is 42.5 Å². The van der Waals surface area contributed by atoms with Gasteiger partial charge in [-0.15, -0.1) is 0 Å². The van der Waals surface area contributed by atoms with E-state index in [1.807, 2.05) is 48.2 Å². The van der Waals surface area contributed by atoms with E-state index in [0.717, 1.165) is 29.8 Å². The molecule has 0 spiro atoms. The summed E-state index contributed by atoms with van der Waals surface area (Å²) in [5.41, 5.74) is 11.0. The van der Waals surface area contributed by atoms with Crippen molar-refractivity contribution in [3.8, 4) is 0 Å². The fourth-order valence-corrected chi connectivity index (χ4v) is 2.63. The number of aryl methyl sites for hydroxylation is 1. The Kier molecular flexibility index (Phi) is 3.18. The minimum atomic E-state index is 0.0954. The van der Waals surface area contributed by atoms with E-state index in [1.54, 1.807) is 0 Å². The van der Waals surface area contributed by atoms with Crippen LogP contribution in [0.1, 0.15) is 27.0 Å². The molecule has 0 saturated carbocycles. The maximum Gasteiger partial charge on any atom is 0.254 e. The zero-order valence-corrected chi connectivity index (χ0v) is 11.6. The summed E-state index contributed by atoms with van der Waals surface area (Å²) >= 11 is 0. The van der Waals surface area contributed by atoms with Crippen molar-refractivity contribution in [3.63, 3.8) is 0 Å². The van der Waals surface area contributed by atoms with E-state index in [4.69, 9.17) is 5.73 Å². The molecule has 1 heterocycles. The van der Waals surface area contributed by atoms with Crippen LogP contribution in [-0.2, 0) is 13.0 Å². The van der Waals surface area contributed by atoms with Gasteiger partial charge in [-0.3, -0.25) is 4.79 Å². The molecule has 20 heavy (non-hydrogen) atoms.